The second-order valence-corrected chi connectivity index (χ2v) is 7.67. The van der Waals surface area contributed by atoms with Gasteiger partial charge < -0.3 is 20.1 Å². The Morgan fingerprint density at radius 1 is 1.15 bits per heavy atom. The SMILES string of the molecule is COc1ccc(C2(CNC(=O)C3CCCNC3)CCCCC2)cc1OC.Cl. The van der Waals surface area contributed by atoms with Crippen molar-refractivity contribution in [1.82, 2.24) is 10.6 Å². The molecule has 152 valence electrons. The lowest BCUT2D eigenvalue weighted by Crippen LogP contribution is -2.46. The van der Waals surface area contributed by atoms with Crippen LogP contribution in [0.5, 0.6) is 11.5 Å². The zero-order chi connectivity index (χ0) is 18.4. The fraction of sp³-hybridized carbons (Fsp3) is 0.667. The third kappa shape index (κ3) is 5.08. The van der Waals surface area contributed by atoms with Crippen molar-refractivity contribution in [3.8, 4) is 11.5 Å². The van der Waals surface area contributed by atoms with Gasteiger partial charge in [-0.1, -0.05) is 25.3 Å². The molecule has 6 heteroatoms. The topological polar surface area (TPSA) is 59.6 Å². The summed E-state index contributed by atoms with van der Waals surface area (Å²) in [4.78, 5) is 12.6. The quantitative estimate of drug-likeness (QED) is 0.773. The van der Waals surface area contributed by atoms with Gasteiger partial charge in [-0.2, -0.15) is 0 Å². The minimum absolute atomic E-state index is 0. The first-order valence-corrected chi connectivity index (χ1v) is 9.89. The number of carbonyl (C=O) groups excluding carboxylic acids is 1. The molecule has 3 rings (SSSR count). The summed E-state index contributed by atoms with van der Waals surface area (Å²) in [6, 6.07) is 6.22. The van der Waals surface area contributed by atoms with E-state index in [1.54, 1.807) is 14.2 Å². The second-order valence-electron chi connectivity index (χ2n) is 7.67. The average Bonchev–Trinajstić information content (AvgIpc) is 2.72. The van der Waals surface area contributed by atoms with Crippen LogP contribution in [0.25, 0.3) is 0 Å². The maximum Gasteiger partial charge on any atom is 0.224 e. The molecule has 5 nitrogen and oxygen atoms in total. The highest BCUT2D eigenvalue weighted by Gasteiger charge is 2.35. The van der Waals surface area contributed by atoms with E-state index in [-0.39, 0.29) is 29.6 Å². The van der Waals surface area contributed by atoms with E-state index in [1.165, 1.54) is 24.8 Å². The molecular formula is C21H33ClN2O3. The fourth-order valence-electron chi connectivity index (χ4n) is 4.44. The number of nitrogens with one attached hydrogen (secondary N) is 2. The maximum absolute atomic E-state index is 12.6. The predicted molar refractivity (Wildman–Crippen MR) is 110 cm³/mol. The molecule has 1 amide bonds. The first-order chi connectivity index (χ1) is 12.7. The molecule has 2 N–H and O–H groups in total. The third-order valence-electron chi connectivity index (χ3n) is 6.08. The summed E-state index contributed by atoms with van der Waals surface area (Å²) in [7, 11) is 3.33. The predicted octanol–water partition coefficient (Wildman–Crippen LogP) is 3.44. The molecule has 1 unspecified atom stereocenters. The summed E-state index contributed by atoms with van der Waals surface area (Å²) in [5, 5.41) is 6.61. The van der Waals surface area contributed by atoms with E-state index >= 15 is 0 Å². The summed E-state index contributed by atoms with van der Waals surface area (Å²) < 4.78 is 10.9. The van der Waals surface area contributed by atoms with Crippen LogP contribution >= 0.6 is 12.4 Å². The smallest absolute Gasteiger partial charge is 0.224 e. The van der Waals surface area contributed by atoms with Gasteiger partial charge in [-0.05, 0) is 49.9 Å². The Bertz CT molecular complexity index is 611. The average molecular weight is 397 g/mol. The van der Waals surface area contributed by atoms with Gasteiger partial charge in [0.2, 0.25) is 5.91 Å². The van der Waals surface area contributed by atoms with Gasteiger partial charge in [0.15, 0.2) is 11.5 Å². The van der Waals surface area contributed by atoms with Gasteiger partial charge in [-0.25, -0.2) is 0 Å². The minimum Gasteiger partial charge on any atom is -0.493 e. The van der Waals surface area contributed by atoms with Crippen LogP contribution in [0.1, 0.15) is 50.5 Å². The van der Waals surface area contributed by atoms with Gasteiger partial charge in [0.1, 0.15) is 0 Å². The summed E-state index contributed by atoms with van der Waals surface area (Å²) in [6.45, 7) is 2.53. The largest absolute Gasteiger partial charge is 0.493 e. The molecule has 0 spiro atoms. The normalized spacial score (nSPS) is 21.6. The zero-order valence-corrected chi connectivity index (χ0v) is 17.3. The number of benzene rings is 1. The third-order valence-corrected chi connectivity index (χ3v) is 6.08. The standard InChI is InChI=1S/C21H32N2O3.ClH/c1-25-18-9-8-17(13-19(18)26-2)21(10-4-3-5-11-21)15-23-20(24)16-7-6-12-22-14-16;/h8-9,13,16,22H,3-7,10-12,14-15H2,1-2H3,(H,23,24);1H. The van der Waals surface area contributed by atoms with Crippen LogP contribution in [-0.4, -0.2) is 39.8 Å². The number of hydrogen-bond acceptors (Lipinski definition) is 4. The molecule has 1 aromatic carbocycles. The molecule has 2 fully saturated rings. The number of rotatable bonds is 6. The lowest BCUT2D eigenvalue weighted by atomic mass is 9.69. The first-order valence-electron chi connectivity index (χ1n) is 9.89. The number of hydrogen-bond donors (Lipinski definition) is 2. The Kier molecular flexibility index (Phi) is 8.24. The summed E-state index contributed by atoms with van der Waals surface area (Å²) >= 11 is 0. The van der Waals surface area contributed by atoms with E-state index < -0.39 is 0 Å². The monoisotopic (exact) mass is 396 g/mol. The number of methoxy groups -OCH3 is 2. The number of carbonyl (C=O) groups is 1. The molecule has 1 heterocycles. The fourth-order valence-corrected chi connectivity index (χ4v) is 4.44. The Hall–Kier alpha value is -1.46. The number of piperidine rings is 1. The molecular weight excluding hydrogens is 364 g/mol. The van der Waals surface area contributed by atoms with E-state index in [2.05, 4.69) is 22.8 Å². The van der Waals surface area contributed by atoms with Crippen molar-refractivity contribution in [2.45, 2.75) is 50.4 Å². The first kappa shape index (κ1) is 21.8. The van der Waals surface area contributed by atoms with Crippen molar-refractivity contribution in [2.75, 3.05) is 33.9 Å². The van der Waals surface area contributed by atoms with E-state index in [0.29, 0.717) is 6.54 Å². The highest BCUT2D eigenvalue weighted by atomic mass is 35.5. The van der Waals surface area contributed by atoms with Crippen molar-refractivity contribution < 1.29 is 14.3 Å². The lowest BCUT2D eigenvalue weighted by Gasteiger charge is -2.39. The van der Waals surface area contributed by atoms with E-state index in [9.17, 15) is 4.79 Å². The molecule has 2 aliphatic rings. The van der Waals surface area contributed by atoms with Crippen molar-refractivity contribution in [3.63, 3.8) is 0 Å². The van der Waals surface area contributed by atoms with Crippen LogP contribution < -0.4 is 20.1 Å². The minimum atomic E-state index is -0.00441. The Labute approximate surface area is 169 Å². The van der Waals surface area contributed by atoms with Crippen molar-refractivity contribution in [3.05, 3.63) is 23.8 Å². The Morgan fingerprint density at radius 2 is 1.89 bits per heavy atom. The Balaban J connectivity index is 0.00000261. The van der Waals surface area contributed by atoms with Crippen LogP contribution in [0, 0.1) is 5.92 Å². The van der Waals surface area contributed by atoms with E-state index in [0.717, 1.165) is 50.3 Å². The highest BCUT2D eigenvalue weighted by Crippen LogP contribution is 2.42. The molecule has 1 aromatic rings. The van der Waals surface area contributed by atoms with Crippen LogP contribution in [0.3, 0.4) is 0 Å². The van der Waals surface area contributed by atoms with Gasteiger partial charge in [0.05, 0.1) is 20.1 Å². The summed E-state index contributed by atoms with van der Waals surface area (Å²) in [5.74, 6) is 1.81. The van der Waals surface area contributed by atoms with Crippen LogP contribution in [0.15, 0.2) is 18.2 Å². The summed E-state index contributed by atoms with van der Waals surface area (Å²) in [5.41, 5.74) is 1.24. The molecule has 0 aromatic heterocycles. The molecule has 0 radical (unpaired) electrons. The second kappa shape index (κ2) is 10.2. The van der Waals surface area contributed by atoms with E-state index in [4.69, 9.17) is 9.47 Å². The van der Waals surface area contributed by atoms with Crippen LogP contribution in [-0.2, 0) is 10.2 Å². The molecule has 1 aliphatic carbocycles. The van der Waals surface area contributed by atoms with Gasteiger partial charge in [-0.15, -0.1) is 12.4 Å². The zero-order valence-electron chi connectivity index (χ0n) is 16.5. The highest BCUT2D eigenvalue weighted by molar-refractivity contribution is 5.85. The molecule has 1 saturated carbocycles. The van der Waals surface area contributed by atoms with Crippen molar-refractivity contribution >= 4 is 18.3 Å². The Morgan fingerprint density at radius 3 is 2.52 bits per heavy atom. The molecule has 0 bridgehead atoms. The van der Waals surface area contributed by atoms with Gasteiger partial charge in [-0.3, -0.25) is 4.79 Å². The number of amides is 1. The number of halogens is 1. The van der Waals surface area contributed by atoms with E-state index in [1.807, 2.05) is 6.07 Å². The number of ether oxygens (including phenoxy) is 2. The molecule has 1 aliphatic heterocycles. The van der Waals surface area contributed by atoms with Gasteiger partial charge in [0.25, 0.3) is 0 Å². The van der Waals surface area contributed by atoms with Crippen LogP contribution in [0.4, 0.5) is 0 Å². The molecule has 1 saturated heterocycles. The molecule has 1 atom stereocenters. The van der Waals surface area contributed by atoms with Crippen molar-refractivity contribution in [2.24, 2.45) is 5.92 Å². The van der Waals surface area contributed by atoms with Crippen molar-refractivity contribution in [1.29, 1.82) is 0 Å². The van der Waals surface area contributed by atoms with Crippen LogP contribution in [0.2, 0.25) is 0 Å². The summed E-state index contributed by atoms with van der Waals surface area (Å²) in [6.07, 6.45) is 7.96. The maximum atomic E-state index is 12.6. The van der Waals surface area contributed by atoms with Gasteiger partial charge in [0, 0.05) is 18.5 Å². The molecule has 27 heavy (non-hydrogen) atoms. The van der Waals surface area contributed by atoms with Gasteiger partial charge >= 0.3 is 0 Å². The lowest BCUT2D eigenvalue weighted by molar-refractivity contribution is -0.125.